The van der Waals surface area contributed by atoms with Crippen LogP contribution in [0.25, 0.3) is 10.8 Å². The van der Waals surface area contributed by atoms with Crippen molar-refractivity contribution in [1.82, 2.24) is 0 Å². The first-order chi connectivity index (χ1) is 18.2. The van der Waals surface area contributed by atoms with Crippen LogP contribution in [0.5, 0.6) is 0 Å². The fourth-order valence-electron chi connectivity index (χ4n) is 4.48. The molecule has 1 fully saturated rings. The second kappa shape index (κ2) is 12.4. The highest BCUT2D eigenvalue weighted by atomic mass is 32.2. The predicted octanol–water partition coefficient (Wildman–Crippen LogP) is 6.26. The van der Waals surface area contributed by atoms with Crippen LogP contribution in [0.3, 0.4) is 0 Å². The van der Waals surface area contributed by atoms with Gasteiger partial charge in [-0.15, -0.1) is 11.8 Å². The van der Waals surface area contributed by atoms with Crippen LogP contribution < -0.4 is 0 Å². The zero-order valence-electron chi connectivity index (χ0n) is 20.7. The number of hydrogen-bond donors (Lipinski definition) is 0. The quantitative estimate of drug-likeness (QED) is 0.233. The summed E-state index contributed by atoms with van der Waals surface area (Å²) in [5.74, 6) is -0.391. The number of methoxy groups -OCH3 is 1. The minimum atomic E-state index is -0.581. The van der Waals surface area contributed by atoms with Crippen molar-refractivity contribution >= 4 is 28.5 Å². The Hall–Kier alpha value is -3.16. The van der Waals surface area contributed by atoms with Gasteiger partial charge in [-0.2, -0.15) is 0 Å². The average Bonchev–Trinajstić information content (AvgIpc) is 3.28. The van der Waals surface area contributed by atoms with Crippen LogP contribution in [-0.2, 0) is 32.2 Å². The Morgan fingerprint density at radius 3 is 2.11 bits per heavy atom. The minimum absolute atomic E-state index is 0.0632. The Labute approximate surface area is 221 Å². The summed E-state index contributed by atoms with van der Waals surface area (Å²) in [6.07, 6.45) is -0.974. The fourth-order valence-corrected chi connectivity index (χ4v) is 5.87. The number of rotatable bonds is 10. The Bertz CT molecular complexity index is 1300. The second-order valence-corrected chi connectivity index (χ2v) is 10.3. The number of benzene rings is 4. The molecule has 5 rings (SSSR count). The largest absolute Gasteiger partial charge is 0.452 e. The lowest BCUT2D eigenvalue weighted by Crippen LogP contribution is -2.40. The highest BCUT2D eigenvalue weighted by Crippen LogP contribution is 2.39. The van der Waals surface area contributed by atoms with Gasteiger partial charge in [-0.1, -0.05) is 91.0 Å². The first-order valence-corrected chi connectivity index (χ1v) is 13.3. The molecule has 4 aromatic rings. The van der Waals surface area contributed by atoms with Crippen LogP contribution in [0.2, 0.25) is 0 Å². The zero-order chi connectivity index (χ0) is 25.5. The van der Waals surface area contributed by atoms with Crippen molar-refractivity contribution in [2.24, 2.45) is 0 Å². The summed E-state index contributed by atoms with van der Waals surface area (Å²) < 4.78 is 24.3. The molecule has 0 N–H and O–H groups in total. The summed E-state index contributed by atoms with van der Waals surface area (Å²) in [6.45, 7) is 1.35. The molecule has 190 valence electrons. The van der Waals surface area contributed by atoms with E-state index >= 15 is 0 Å². The second-order valence-electron chi connectivity index (χ2n) is 8.97. The third-order valence-electron chi connectivity index (χ3n) is 6.41. The molecule has 1 heterocycles. The van der Waals surface area contributed by atoms with Gasteiger partial charge in [0.05, 0.1) is 30.6 Å². The molecule has 0 saturated carbocycles. The van der Waals surface area contributed by atoms with Gasteiger partial charge < -0.3 is 18.9 Å². The molecule has 1 saturated heterocycles. The molecule has 1 unspecified atom stereocenters. The minimum Gasteiger partial charge on any atom is -0.452 e. The van der Waals surface area contributed by atoms with E-state index in [-0.39, 0.29) is 10.7 Å². The van der Waals surface area contributed by atoms with E-state index in [0.717, 1.165) is 21.9 Å². The Kier molecular flexibility index (Phi) is 8.53. The van der Waals surface area contributed by atoms with Gasteiger partial charge in [0.15, 0.2) is 6.10 Å². The number of hydrogen-bond acceptors (Lipinski definition) is 6. The van der Waals surface area contributed by atoms with Gasteiger partial charge in [-0.25, -0.2) is 4.79 Å². The molecular formula is C31H30O5S. The molecule has 6 heteroatoms. The fraction of sp³-hybridized carbons (Fsp3) is 0.258. The monoisotopic (exact) mass is 514 g/mol. The molecule has 0 spiro atoms. The van der Waals surface area contributed by atoms with Gasteiger partial charge in [0.25, 0.3) is 0 Å². The van der Waals surface area contributed by atoms with Crippen LogP contribution in [0.15, 0.2) is 103 Å². The third-order valence-corrected chi connectivity index (χ3v) is 7.89. The van der Waals surface area contributed by atoms with Crippen LogP contribution in [-0.4, -0.2) is 42.6 Å². The van der Waals surface area contributed by atoms with E-state index in [2.05, 4.69) is 0 Å². The molecule has 0 amide bonds. The van der Waals surface area contributed by atoms with E-state index in [1.165, 1.54) is 0 Å². The van der Waals surface area contributed by atoms with Gasteiger partial charge in [-0.05, 0) is 34.0 Å². The molecule has 1 aliphatic heterocycles. The third kappa shape index (κ3) is 6.40. The lowest BCUT2D eigenvalue weighted by atomic mass is 10.1. The molecule has 0 aromatic heterocycles. The van der Waals surface area contributed by atoms with E-state index in [1.54, 1.807) is 24.9 Å². The van der Waals surface area contributed by atoms with Crippen molar-refractivity contribution in [3.05, 3.63) is 120 Å². The average molecular weight is 515 g/mol. The summed E-state index contributed by atoms with van der Waals surface area (Å²) in [5, 5.41) is 2.00. The number of ether oxygens (including phenoxy) is 4. The van der Waals surface area contributed by atoms with E-state index in [9.17, 15) is 4.79 Å². The first kappa shape index (κ1) is 25.5. The zero-order valence-corrected chi connectivity index (χ0v) is 21.5. The Morgan fingerprint density at radius 2 is 1.41 bits per heavy atom. The Balaban J connectivity index is 1.32. The summed E-state index contributed by atoms with van der Waals surface area (Å²) in [4.78, 5) is 13.3. The molecule has 5 nitrogen and oxygen atoms in total. The maximum atomic E-state index is 13.3. The van der Waals surface area contributed by atoms with Gasteiger partial charge in [0, 0.05) is 7.11 Å². The molecule has 0 bridgehead atoms. The van der Waals surface area contributed by atoms with Crippen LogP contribution in [0.4, 0.5) is 0 Å². The number of thioether (sulfide) groups is 1. The molecule has 0 radical (unpaired) electrons. The molecule has 4 aromatic carbocycles. The van der Waals surface area contributed by atoms with E-state index in [1.807, 2.05) is 97.1 Å². The predicted molar refractivity (Wildman–Crippen MR) is 146 cm³/mol. The molecule has 37 heavy (non-hydrogen) atoms. The van der Waals surface area contributed by atoms with Gasteiger partial charge in [0.1, 0.15) is 11.5 Å². The topological polar surface area (TPSA) is 54.0 Å². The SMILES string of the molecule is COC1S[C@H](COCc2ccccc2)[C@@H](OCc2ccccc2)[C@@H]1OC(=O)c1ccc2ccccc2c1. The first-order valence-electron chi connectivity index (χ1n) is 12.4. The number of fused-ring (bicyclic) bond motifs is 1. The normalized spacial score (nSPS) is 21.2. The van der Waals surface area contributed by atoms with Crippen molar-refractivity contribution < 1.29 is 23.7 Å². The van der Waals surface area contributed by atoms with E-state index in [0.29, 0.717) is 25.4 Å². The standard InChI is InChI=1S/C31H30O5S/c1-33-31-29(36-30(32)26-17-16-24-14-8-9-15-25(24)18-26)28(35-20-23-12-6-3-7-13-23)27(37-31)21-34-19-22-10-4-2-5-11-22/h2-18,27-29,31H,19-21H2,1H3/t27-,28-,29+,31?/m1/s1. The van der Waals surface area contributed by atoms with Crippen molar-refractivity contribution in [3.63, 3.8) is 0 Å². The summed E-state index contributed by atoms with van der Waals surface area (Å²) in [7, 11) is 1.63. The summed E-state index contributed by atoms with van der Waals surface area (Å²) in [5.41, 5.74) is 2.30. The smallest absolute Gasteiger partial charge is 0.338 e. The van der Waals surface area contributed by atoms with Gasteiger partial charge in [-0.3, -0.25) is 0 Å². The maximum Gasteiger partial charge on any atom is 0.338 e. The summed E-state index contributed by atoms with van der Waals surface area (Å²) >= 11 is 1.59. The van der Waals surface area contributed by atoms with Crippen molar-refractivity contribution in [1.29, 1.82) is 0 Å². The molecule has 4 atom stereocenters. The van der Waals surface area contributed by atoms with E-state index in [4.69, 9.17) is 18.9 Å². The van der Waals surface area contributed by atoms with Gasteiger partial charge >= 0.3 is 5.97 Å². The van der Waals surface area contributed by atoms with E-state index < -0.39 is 18.2 Å². The molecular weight excluding hydrogens is 484 g/mol. The Morgan fingerprint density at radius 1 is 0.757 bits per heavy atom. The summed E-state index contributed by atoms with van der Waals surface area (Å²) in [6, 6.07) is 33.6. The van der Waals surface area contributed by atoms with Crippen molar-refractivity contribution in [3.8, 4) is 0 Å². The highest BCUT2D eigenvalue weighted by Gasteiger charge is 2.48. The molecule has 0 aliphatic carbocycles. The number of carbonyl (C=O) groups excluding carboxylic acids is 1. The lowest BCUT2D eigenvalue weighted by molar-refractivity contribution is -0.0862. The lowest BCUT2D eigenvalue weighted by Gasteiger charge is -2.25. The van der Waals surface area contributed by atoms with Crippen LogP contribution >= 0.6 is 11.8 Å². The van der Waals surface area contributed by atoms with Gasteiger partial charge in [0.2, 0.25) is 0 Å². The van der Waals surface area contributed by atoms with Crippen LogP contribution in [0, 0.1) is 0 Å². The molecule has 1 aliphatic rings. The maximum absolute atomic E-state index is 13.3. The van der Waals surface area contributed by atoms with Crippen LogP contribution in [0.1, 0.15) is 21.5 Å². The highest BCUT2D eigenvalue weighted by molar-refractivity contribution is 8.00. The number of carbonyl (C=O) groups is 1. The van der Waals surface area contributed by atoms with Crippen molar-refractivity contribution in [2.75, 3.05) is 13.7 Å². The number of esters is 1. The van der Waals surface area contributed by atoms with Crippen molar-refractivity contribution in [2.45, 2.75) is 36.1 Å².